The van der Waals surface area contributed by atoms with Gasteiger partial charge in [-0.05, 0) is 36.2 Å². The molecule has 42 heavy (non-hydrogen) atoms. The summed E-state index contributed by atoms with van der Waals surface area (Å²) >= 11 is 13.0. The number of nitrogens with one attached hydrogen (secondary N) is 1. The zero-order valence-electron chi connectivity index (χ0n) is 24.0. The van der Waals surface area contributed by atoms with Gasteiger partial charge in [-0.25, -0.2) is 8.42 Å². The van der Waals surface area contributed by atoms with E-state index in [1.807, 2.05) is 37.3 Å². The van der Waals surface area contributed by atoms with Crippen LogP contribution in [-0.2, 0) is 32.6 Å². The van der Waals surface area contributed by atoms with E-state index in [-0.39, 0.29) is 30.3 Å². The van der Waals surface area contributed by atoms with Gasteiger partial charge in [0.1, 0.15) is 24.1 Å². The number of methoxy groups -OCH3 is 2. The minimum absolute atomic E-state index is 0.133. The van der Waals surface area contributed by atoms with Gasteiger partial charge in [0.2, 0.25) is 21.8 Å². The molecule has 9 nitrogen and oxygen atoms in total. The lowest BCUT2D eigenvalue weighted by atomic mass is 10.0. The number of ether oxygens (including phenoxy) is 2. The van der Waals surface area contributed by atoms with Gasteiger partial charge in [-0.1, -0.05) is 66.5 Å². The van der Waals surface area contributed by atoms with Gasteiger partial charge in [-0.3, -0.25) is 13.9 Å². The number of nitrogens with zero attached hydrogens (tertiary/aromatic N) is 2. The first kappa shape index (κ1) is 33.0. The lowest BCUT2D eigenvalue weighted by molar-refractivity contribution is -0.140. The Hall–Kier alpha value is -3.47. The maximum atomic E-state index is 14.2. The van der Waals surface area contributed by atoms with Gasteiger partial charge >= 0.3 is 0 Å². The molecule has 0 aliphatic rings. The van der Waals surface area contributed by atoms with Crippen LogP contribution in [0, 0.1) is 0 Å². The van der Waals surface area contributed by atoms with Crippen molar-refractivity contribution in [2.75, 3.05) is 37.9 Å². The summed E-state index contributed by atoms with van der Waals surface area (Å²) in [6.07, 6.45) is 1.86. The lowest BCUT2D eigenvalue weighted by Crippen LogP contribution is -2.53. The Morgan fingerprint density at radius 2 is 1.62 bits per heavy atom. The highest BCUT2D eigenvalue weighted by molar-refractivity contribution is 7.92. The van der Waals surface area contributed by atoms with Crippen molar-refractivity contribution >= 4 is 50.7 Å². The van der Waals surface area contributed by atoms with E-state index < -0.39 is 28.5 Å². The van der Waals surface area contributed by atoms with E-state index in [4.69, 9.17) is 32.7 Å². The fourth-order valence-corrected chi connectivity index (χ4v) is 5.73. The molecule has 1 unspecified atom stereocenters. The number of rotatable bonds is 14. The number of anilines is 1. The average Bonchev–Trinajstić information content (AvgIpc) is 2.97. The summed E-state index contributed by atoms with van der Waals surface area (Å²) in [5.74, 6) is -0.386. The maximum absolute atomic E-state index is 14.2. The number of carbonyl (C=O) groups is 2. The Balaban J connectivity index is 2.12. The molecule has 1 N–H and O–H groups in total. The topological polar surface area (TPSA) is 105 Å². The van der Waals surface area contributed by atoms with Gasteiger partial charge in [0, 0.05) is 41.2 Å². The zero-order valence-corrected chi connectivity index (χ0v) is 26.3. The predicted octanol–water partition coefficient (Wildman–Crippen LogP) is 4.94. The fourth-order valence-electron chi connectivity index (χ4n) is 4.36. The molecule has 0 spiro atoms. The summed E-state index contributed by atoms with van der Waals surface area (Å²) in [7, 11) is -1.13. The average molecular weight is 637 g/mol. The van der Waals surface area contributed by atoms with E-state index in [2.05, 4.69) is 5.32 Å². The number of hydrogen-bond donors (Lipinski definition) is 1. The predicted molar refractivity (Wildman–Crippen MR) is 166 cm³/mol. The molecule has 3 rings (SSSR count). The van der Waals surface area contributed by atoms with Gasteiger partial charge in [-0.15, -0.1) is 0 Å². The minimum Gasteiger partial charge on any atom is -0.497 e. The SMILES string of the molecule is CCCNC(=O)C(Cc1ccccc1)N(Cc1c(Cl)cccc1Cl)C(=O)CN(c1ccc(OC)cc1OC)S(C)(=O)=O. The Labute approximate surface area is 257 Å². The molecule has 226 valence electrons. The van der Waals surface area contributed by atoms with Crippen molar-refractivity contribution in [3.63, 3.8) is 0 Å². The van der Waals surface area contributed by atoms with E-state index in [1.54, 1.807) is 24.3 Å². The van der Waals surface area contributed by atoms with Crippen molar-refractivity contribution in [1.29, 1.82) is 0 Å². The van der Waals surface area contributed by atoms with E-state index in [0.29, 0.717) is 34.3 Å². The molecule has 0 aliphatic heterocycles. The first-order valence-electron chi connectivity index (χ1n) is 13.2. The van der Waals surface area contributed by atoms with Crippen molar-refractivity contribution in [3.05, 3.63) is 87.9 Å². The van der Waals surface area contributed by atoms with Gasteiger partial charge in [0.25, 0.3) is 0 Å². The second kappa shape index (κ2) is 15.1. The van der Waals surface area contributed by atoms with Crippen LogP contribution >= 0.6 is 23.2 Å². The second-order valence-corrected chi connectivity index (χ2v) is 12.2. The summed E-state index contributed by atoms with van der Waals surface area (Å²) in [6, 6.07) is 17.8. The van der Waals surface area contributed by atoms with Crippen LogP contribution in [0.1, 0.15) is 24.5 Å². The maximum Gasteiger partial charge on any atom is 0.244 e. The standard InChI is InChI=1S/C30H35Cl2N3O6S/c1-5-16-33-30(37)27(17-21-10-7-6-8-11-21)34(19-23-24(31)12-9-13-25(23)32)29(36)20-35(42(4,38)39)26-15-14-22(40-2)18-28(26)41-3/h6-15,18,27H,5,16-17,19-20H2,1-4H3,(H,33,37). The summed E-state index contributed by atoms with van der Waals surface area (Å²) in [5, 5.41) is 3.50. The molecule has 1 atom stereocenters. The molecule has 2 amide bonds. The molecule has 0 aliphatic carbocycles. The van der Waals surface area contributed by atoms with E-state index in [9.17, 15) is 18.0 Å². The third-order valence-electron chi connectivity index (χ3n) is 6.55. The monoisotopic (exact) mass is 635 g/mol. The van der Waals surface area contributed by atoms with Gasteiger partial charge < -0.3 is 19.7 Å². The molecule has 0 radical (unpaired) electrons. The van der Waals surface area contributed by atoms with Crippen LogP contribution in [-0.4, -0.2) is 64.7 Å². The third-order valence-corrected chi connectivity index (χ3v) is 8.38. The van der Waals surface area contributed by atoms with Gasteiger partial charge in [0.15, 0.2) is 0 Å². The van der Waals surface area contributed by atoms with Gasteiger partial charge in [0.05, 0.1) is 26.2 Å². The molecule has 0 fully saturated rings. The van der Waals surface area contributed by atoms with E-state index >= 15 is 0 Å². The van der Waals surface area contributed by atoms with Crippen molar-refractivity contribution in [2.45, 2.75) is 32.4 Å². The van der Waals surface area contributed by atoms with Gasteiger partial charge in [-0.2, -0.15) is 0 Å². The molecule has 0 aromatic heterocycles. The van der Waals surface area contributed by atoms with Crippen LogP contribution in [0.3, 0.4) is 0 Å². The molecule has 12 heteroatoms. The van der Waals surface area contributed by atoms with Crippen molar-refractivity contribution in [3.8, 4) is 11.5 Å². The largest absolute Gasteiger partial charge is 0.497 e. The molecular weight excluding hydrogens is 601 g/mol. The van der Waals surface area contributed by atoms with E-state index in [1.165, 1.54) is 31.3 Å². The van der Waals surface area contributed by atoms with Crippen LogP contribution in [0.15, 0.2) is 66.7 Å². The zero-order chi connectivity index (χ0) is 30.9. The summed E-state index contributed by atoms with van der Waals surface area (Å²) < 4.78 is 37.7. The Kier molecular flexibility index (Phi) is 11.9. The van der Waals surface area contributed by atoms with Crippen molar-refractivity contribution < 1.29 is 27.5 Å². The minimum atomic E-state index is -3.99. The quantitative estimate of drug-likeness (QED) is 0.269. The van der Waals surface area contributed by atoms with Crippen LogP contribution in [0.4, 0.5) is 5.69 Å². The summed E-state index contributed by atoms with van der Waals surface area (Å²) in [5.41, 5.74) is 1.39. The van der Waals surface area contributed by atoms with Crippen LogP contribution < -0.4 is 19.1 Å². The lowest BCUT2D eigenvalue weighted by Gasteiger charge is -2.34. The number of sulfonamides is 1. The van der Waals surface area contributed by atoms with Crippen molar-refractivity contribution in [2.24, 2.45) is 0 Å². The number of carbonyl (C=O) groups excluding carboxylic acids is 2. The molecule has 3 aromatic rings. The first-order chi connectivity index (χ1) is 20.0. The molecule has 0 heterocycles. The highest BCUT2D eigenvalue weighted by atomic mass is 35.5. The van der Waals surface area contributed by atoms with Crippen LogP contribution in [0.25, 0.3) is 0 Å². The smallest absolute Gasteiger partial charge is 0.244 e. The van der Waals surface area contributed by atoms with E-state index in [0.717, 1.165) is 16.1 Å². The van der Waals surface area contributed by atoms with Crippen molar-refractivity contribution in [1.82, 2.24) is 10.2 Å². The summed E-state index contributed by atoms with van der Waals surface area (Å²) in [4.78, 5) is 29.2. The molecular formula is C30H35Cl2N3O6S. The fraction of sp³-hybridized carbons (Fsp3) is 0.333. The van der Waals surface area contributed by atoms with Crippen LogP contribution in [0.5, 0.6) is 11.5 Å². The first-order valence-corrected chi connectivity index (χ1v) is 15.8. The number of benzene rings is 3. The number of halogens is 2. The Morgan fingerprint density at radius 3 is 2.19 bits per heavy atom. The normalized spacial score (nSPS) is 11.9. The van der Waals surface area contributed by atoms with Crippen LogP contribution in [0.2, 0.25) is 10.0 Å². The molecule has 0 saturated carbocycles. The number of hydrogen-bond acceptors (Lipinski definition) is 6. The Bertz CT molecular complexity index is 1470. The molecule has 0 bridgehead atoms. The Morgan fingerprint density at radius 1 is 0.952 bits per heavy atom. The highest BCUT2D eigenvalue weighted by Gasteiger charge is 2.34. The second-order valence-electron chi connectivity index (χ2n) is 9.53. The number of amides is 2. The molecule has 0 saturated heterocycles. The molecule has 3 aromatic carbocycles. The summed E-state index contributed by atoms with van der Waals surface area (Å²) in [6.45, 7) is 1.57. The third kappa shape index (κ3) is 8.53. The highest BCUT2D eigenvalue weighted by Crippen LogP contribution is 2.34.